The summed E-state index contributed by atoms with van der Waals surface area (Å²) in [5.41, 5.74) is 5.17. The summed E-state index contributed by atoms with van der Waals surface area (Å²) >= 11 is 1.56. The van der Waals surface area contributed by atoms with Crippen LogP contribution in [0.2, 0.25) is 0 Å². The van der Waals surface area contributed by atoms with Gasteiger partial charge in [0.1, 0.15) is 5.82 Å². The molecule has 0 aliphatic rings. The van der Waals surface area contributed by atoms with E-state index in [1.54, 1.807) is 11.8 Å². The number of nitrogens with two attached hydrogens (primary N) is 1. The molecule has 0 amide bonds. The standard InChI is InChI=1S/C5H10N2S/c1-4(6)7-5(2)8-3/h1,6H2,2-3H3/b7-5+. The highest BCUT2D eigenvalue weighted by molar-refractivity contribution is 8.13. The monoisotopic (exact) mass is 130 g/mol. The van der Waals surface area contributed by atoms with Gasteiger partial charge in [0.2, 0.25) is 0 Å². The van der Waals surface area contributed by atoms with Crippen LogP contribution in [0.5, 0.6) is 0 Å². The number of rotatable bonds is 1. The molecule has 0 aliphatic heterocycles. The van der Waals surface area contributed by atoms with Gasteiger partial charge in [-0.15, -0.1) is 11.8 Å². The van der Waals surface area contributed by atoms with E-state index < -0.39 is 0 Å². The second-order valence-corrected chi connectivity index (χ2v) is 2.33. The molecule has 46 valence electrons. The molecule has 0 unspecified atom stereocenters. The number of nitrogens with zero attached hydrogens (tertiary/aromatic N) is 1. The summed E-state index contributed by atoms with van der Waals surface area (Å²) in [4.78, 5) is 3.86. The van der Waals surface area contributed by atoms with E-state index in [0.717, 1.165) is 5.04 Å². The maximum atomic E-state index is 5.17. The minimum atomic E-state index is 0.372. The Morgan fingerprint density at radius 2 is 2.25 bits per heavy atom. The van der Waals surface area contributed by atoms with Crippen LogP contribution in [0.25, 0.3) is 0 Å². The fourth-order valence-corrected chi connectivity index (χ4v) is 0.456. The average Bonchev–Trinajstić information content (AvgIpc) is 1.65. The molecule has 0 rings (SSSR count). The molecule has 0 aromatic carbocycles. The van der Waals surface area contributed by atoms with Crippen LogP contribution in [0.3, 0.4) is 0 Å². The first-order valence-corrected chi connectivity index (χ1v) is 3.43. The zero-order valence-electron chi connectivity index (χ0n) is 5.14. The lowest BCUT2D eigenvalue weighted by Crippen LogP contribution is -1.92. The summed E-state index contributed by atoms with van der Waals surface area (Å²) in [6.45, 7) is 5.31. The van der Waals surface area contributed by atoms with E-state index in [1.807, 2.05) is 13.2 Å². The lowest BCUT2D eigenvalue weighted by atomic mass is 10.8. The van der Waals surface area contributed by atoms with Gasteiger partial charge in [-0.2, -0.15) is 0 Å². The van der Waals surface area contributed by atoms with Crippen LogP contribution in [-0.2, 0) is 0 Å². The van der Waals surface area contributed by atoms with E-state index in [4.69, 9.17) is 5.73 Å². The quantitative estimate of drug-likeness (QED) is 0.428. The van der Waals surface area contributed by atoms with Crippen molar-refractivity contribution in [3.05, 3.63) is 12.4 Å². The van der Waals surface area contributed by atoms with E-state index in [0.29, 0.717) is 5.82 Å². The Morgan fingerprint density at radius 3 is 2.38 bits per heavy atom. The minimum absolute atomic E-state index is 0.372. The van der Waals surface area contributed by atoms with Crippen molar-refractivity contribution >= 4 is 16.8 Å². The Balaban J connectivity index is 3.75. The van der Waals surface area contributed by atoms with E-state index in [1.165, 1.54) is 0 Å². The molecule has 3 heteroatoms. The number of aliphatic imine (C=N–C) groups is 1. The van der Waals surface area contributed by atoms with Crippen molar-refractivity contribution in [3.63, 3.8) is 0 Å². The third kappa shape index (κ3) is 3.74. The molecule has 0 spiro atoms. The molecule has 0 fully saturated rings. The van der Waals surface area contributed by atoms with Crippen LogP contribution < -0.4 is 5.73 Å². The summed E-state index contributed by atoms with van der Waals surface area (Å²) < 4.78 is 0. The molecular weight excluding hydrogens is 120 g/mol. The summed E-state index contributed by atoms with van der Waals surface area (Å²) in [6.07, 6.45) is 1.95. The molecule has 0 aromatic heterocycles. The Labute approximate surface area is 53.9 Å². The normalized spacial score (nSPS) is 11.5. The van der Waals surface area contributed by atoms with Crippen molar-refractivity contribution < 1.29 is 0 Å². The molecule has 0 heterocycles. The molecule has 0 aromatic rings. The van der Waals surface area contributed by atoms with Gasteiger partial charge in [0.05, 0.1) is 5.04 Å². The molecule has 0 saturated heterocycles. The second-order valence-electron chi connectivity index (χ2n) is 1.33. The Morgan fingerprint density at radius 1 is 1.75 bits per heavy atom. The van der Waals surface area contributed by atoms with Crippen LogP contribution in [0.1, 0.15) is 6.92 Å². The fraction of sp³-hybridized carbons (Fsp3) is 0.400. The first-order chi connectivity index (χ1) is 3.66. The van der Waals surface area contributed by atoms with Gasteiger partial charge in [-0.05, 0) is 13.2 Å². The number of hydrogen-bond donors (Lipinski definition) is 1. The van der Waals surface area contributed by atoms with Crippen LogP contribution in [0, 0.1) is 0 Å². The van der Waals surface area contributed by atoms with Crippen molar-refractivity contribution in [2.75, 3.05) is 6.26 Å². The van der Waals surface area contributed by atoms with Crippen LogP contribution >= 0.6 is 11.8 Å². The van der Waals surface area contributed by atoms with Crippen molar-refractivity contribution in [2.45, 2.75) is 6.92 Å². The lowest BCUT2D eigenvalue weighted by Gasteiger charge is -1.90. The topological polar surface area (TPSA) is 38.4 Å². The predicted octanol–water partition coefficient (Wildman–Crippen LogP) is 1.20. The van der Waals surface area contributed by atoms with Crippen LogP contribution in [0.4, 0.5) is 0 Å². The number of thioether (sulfide) groups is 1. The van der Waals surface area contributed by atoms with Crippen molar-refractivity contribution in [2.24, 2.45) is 10.7 Å². The van der Waals surface area contributed by atoms with E-state index in [-0.39, 0.29) is 0 Å². The van der Waals surface area contributed by atoms with Gasteiger partial charge >= 0.3 is 0 Å². The van der Waals surface area contributed by atoms with Crippen LogP contribution in [0.15, 0.2) is 17.4 Å². The Hall–Kier alpha value is -0.440. The molecule has 0 radical (unpaired) electrons. The summed E-state index contributed by atoms with van der Waals surface area (Å²) in [7, 11) is 0. The first kappa shape index (κ1) is 7.56. The largest absolute Gasteiger partial charge is 0.384 e. The van der Waals surface area contributed by atoms with E-state index >= 15 is 0 Å². The smallest absolute Gasteiger partial charge is 0.116 e. The molecule has 0 atom stereocenters. The summed E-state index contributed by atoms with van der Waals surface area (Å²) in [5, 5.41) is 0.942. The summed E-state index contributed by atoms with van der Waals surface area (Å²) in [5.74, 6) is 0.372. The van der Waals surface area contributed by atoms with Crippen molar-refractivity contribution in [1.29, 1.82) is 0 Å². The van der Waals surface area contributed by atoms with Crippen molar-refractivity contribution in [3.8, 4) is 0 Å². The third-order valence-corrected chi connectivity index (χ3v) is 1.28. The highest BCUT2D eigenvalue weighted by atomic mass is 32.2. The van der Waals surface area contributed by atoms with Gasteiger partial charge in [-0.3, -0.25) is 0 Å². The average molecular weight is 130 g/mol. The molecule has 0 saturated carbocycles. The SMILES string of the molecule is C=C(N)/N=C(\C)SC. The van der Waals surface area contributed by atoms with Gasteiger partial charge in [0, 0.05) is 0 Å². The highest BCUT2D eigenvalue weighted by Crippen LogP contribution is 1.97. The predicted molar refractivity (Wildman–Crippen MR) is 40.0 cm³/mol. The number of hydrogen-bond acceptors (Lipinski definition) is 3. The molecule has 2 nitrogen and oxygen atoms in total. The van der Waals surface area contributed by atoms with Gasteiger partial charge in [0.25, 0.3) is 0 Å². The minimum Gasteiger partial charge on any atom is -0.384 e. The maximum Gasteiger partial charge on any atom is 0.116 e. The van der Waals surface area contributed by atoms with E-state index in [2.05, 4.69) is 11.6 Å². The van der Waals surface area contributed by atoms with Gasteiger partial charge in [0.15, 0.2) is 0 Å². The van der Waals surface area contributed by atoms with Gasteiger partial charge in [-0.25, -0.2) is 4.99 Å². The van der Waals surface area contributed by atoms with Crippen LogP contribution in [-0.4, -0.2) is 11.3 Å². The Kier molecular flexibility index (Phi) is 3.35. The summed E-state index contributed by atoms with van der Waals surface area (Å²) in [6, 6.07) is 0. The first-order valence-electron chi connectivity index (χ1n) is 2.20. The molecular formula is C5H10N2S. The fourth-order valence-electron chi connectivity index (χ4n) is 0.248. The molecule has 0 bridgehead atoms. The van der Waals surface area contributed by atoms with E-state index in [9.17, 15) is 0 Å². The van der Waals surface area contributed by atoms with Crippen molar-refractivity contribution in [1.82, 2.24) is 0 Å². The van der Waals surface area contributed by atoms with Gasteiger partial charge in [-0.1, -0.05) is 6.58 Å². The molecule has 2 N–H and O–H groups in total. The lowest BCUT2D eigenvalue weighted by molar-refractivity contribution is 1.27. The zero-order valence-corrected chi connectivity index (χ0v) is 5.96. The Bertz CT molecular complexity index is 118. The van der Waals surface area contributed by atoms with Gasteiger partial charge < -0.3 is 5.73 Å². The second kappa shape index (κ2) is 3.55. The third-order valence-electron chi connectivity index (χ3n) is 0.596. The molecule has 8 heavy (non-hydrogen) atoms. The zero-order chi connectivity index (χ0) is 6.57. The molecule has 0 aliphatic carbocycles. The maximum absolute atomic E-state index is 5.17. The highest BCUT2D eigenvalue weighted by Gasteiger charge is 1.82.